The summed E-state index contributed by atoms with van der Waals surface area (Å²) in [5.41, 5.74) is 7.91. The third kappa shape index (κ3) is 3.51. The van der Waals surface area contributed by atoms with Gasteiger partial charge in [-0.1, -0.05) is 24.3 Å². The first kappa shape index (κ1) is 18.9. The van der Waals surface area contributed by atoms with Crippen LogP contribution in [0.1, 0.15) is 35.2 Å². The number of rotatable bonds is 4. The Balaban J connectivity index is 0.00000196. The normalized spacial score (nSPS) is 28.9. The van der Waals surface area contributed by atoms with Crippen molar-refractivity contribution in [2.24, 2.45) is 23.5 Å². The lowest BCUT2D eigenvalue weighted by Crippen LogP contribution is -2.43. The number of halogens is 1. The largest absolute Gasteiger partial charge is 0.352 e. The number of carbonyl (C=O) groups is 2. The Morgan fingerprint density at radius 3 is 2.35 bits per heavy atom. The molecule has 1 saturated heterocycles. The highest BCUT2D eigenvalue weighted by molar-refractivity contribution is 5.94. The van der Waals surface area contributed by atoms with Crippen LogP contribution in [0.2, 0.25) is 0 Å². The van der Waals surface area contributed by atoms with Crippen molar-refractivity contribution in [3.8, 4) is 0 Å². The van der Waals surface area contributed by atoms with E-state index in [9.17, 15) is 9.59 Å². The monoisotopic (exact) mass is 375 g/mol. The molecule has 2 fully saturated rings. The quantitative estimate of drug-likeness (QED) is 0.791. The zero-order valence-electron chi connectivity index (χ0n) is 14.8. The Morgan fingerprint density at radius 1 is 1.08 bits per heavy atom. The average Bonchev–Trinajstić information content (AvgIpc) is 3.36. The van der Waals surface area contributed by atoms with Crippen LogP contribution in [0.3, 0.4) is 0 Å². The van der Waals surface area contributed by atoms with Crippen molar-refractivity contribution in [2.75, 3.05) is 13.1 Å². The van der Waals surface area contributed by atoms with E-state index in [1.165, 1.54) is 0 Å². The molecule has 3 N–H and O–H groups in total. The summed E-state index contributed by atoms with van der Waals surface area (Å²) < 4.78 is 0. The maximum Gasteiger partial charge on any atom is 0.253 e. The van der Waals surface area contributed by atoms with Crippen molar-refractivity contribution in [1.29, 1.82) is 0 Å². The third-order valence-electron chi connectivity index (χ3n) is 5.88. The molecule has 4 rings (SSSR count). The predicted molar refractivity (Wildman–Crippen MR) is 103 cm³/mol. The number of nitrogens with two attached hydrogens (primary N) is 1. The Kier molecular flexibility index (Phi) is 5.68. The van der Waals surface area contributed by atoms with Gasteiger partial charge in [0.25, 0.3) is 5.91 Å². The number of benzene rings is 1. The van der Waals surface area contributed by atoms with Gasteiger partial charge in [-0.15, -0.1) is 12.4 Å². The van der Waals surface area contributed by atoms with Gasteiger partial charge < -0.3 is 16.0 Å². The highest BCUT2D eigenvalue weighted by Gasteiger charge is 2.46. The number of fused-ring (bicyclic) bond motifs is 2. The van der Waals surface area contributed by atoms with Crippen LogP contribution in [-0.4, -0.2) is 35.8 Å². The zero-order valence-corrected chi connectivity index (χ0v) is 15.6. The minimum absolute atomic E-state index is 0. The molecule has 2 aliphatic carbocycles. The van der Waals surface area contributed by atoms with Gasteiger partial charge in [-0.3, -0.25) is 9.59 Å². The van der Waals surface area contributed by atoms with Crippen molar-refractivity contribution in [2.45, 2.75) is 31.8 Å². The second kappa shape index (κ2) is 7.80. The van der Waals surface area contributed by atoms with E-state index in [1.54, 1.807) is 0 Å². The molecule has 1 heterocycles. The van der Waals surface area contributed by atoms with Crippen LogP contribution in [0.5, 0.6) is 0 Å². The SMILES string of the molecule is Cl.N[C@@H]1[C@H](C(=O)NCc2ccc(C(=O)N3CCCC3)cc2)[C@@H]2C=C[C@H]1C2. The molecule has 0 aromatic heterocycles. The molecule has 1 aliphatic heterocycles. The van der Waals surface area contributed by atoms with Crippen LogP contribution < -0.4 is 11.1 Å². The van der Waals surface area contributed by atoms with Crippen molar-refractivity contribution < 1.29 is 9.59 Å². The number of likely N-dealkylation sites (tertiary alicyclic amines) is 1. The van der Waals surface area contributed by atoms with Gasteiger partial charge in [0.05, 0.1) is 5.92 Å². The molecule has 1 aromatic rings. The average molecular weight is 376 g/mol. The molecule has 6 heteroatoms. The molecule has 3 aliphatic rings. The Labute approximate surface area is 160 Å². The first-order chi connectivity index (χ1) is 12.1. The molecular weight excluding hydrogens is 350 g/mol. The van der Waals surface area contributed by atoms with E-state index in [0.717, 1.165) is 43.5 Å². The van der Waals surface area contributed by atoms with Crippen molar-refractivity contribution in [1.82, 2.24) is 10.2 Å². The molecule has 0 radical (unpaired) electrons. The third-order valence-corrected chi connectivity index (χ3v) is 5.88. The van der Waals surface area contributed by atoms with E-state index < -0.39 is 0 Å². The number of nitrogens with one attached hydrogen (secondary N) is 1. The summed E-state index contributed by atoms with van der Waals surface area (Å²) in [6, 6.07) is 7.49. The Hall–Kier alpha value is -1.85. The fourth-order valence-corrected chi connectivity index (χ4v) is 4.40. The van der Waals surface area contributed by atoms with Crippen LogP contribution in [0.4, 0.5) is 0 Å². The van der Waals surface area contributed by atoms with Gasteiger partial charge >= 0.3 is 0 Å². The molecular formula is C20H26ClN3O2. The summed E-state index contributed by atoms with van der Waals surface area (Å²) in [5, 5.41) is 3.01. The molecule has 1 saturated carbocycles. The van der Waals surface area contributed by atoms with Gasteiger partial charge in [0.15, 0.2) is 0 Å². The number of hydrogen-bond acceptors (Lipinski definition) is 3. The van der Waals surface area contributed by atoms with E-state index in [1.807, 2.05) is 29.2 Å². The van der Waals surface area contributed by atoms with Crippen LogP contribution in [0.25, 0.3) is 0 Å². The van der Waals surface area contributed by atoms with E-state index in [0.29, 0.717) is 18.4 Å². The summed E-state index contributed by atoms with van der Waals surface area (Å²) >= 11 is 0. The fraction of sp³-hybridized carbons (Fsp3) is 0.500. The smallest absolute Gasteiger partial charge is 0.253 e. The lowest BCUT2D eigenvalue weighted by Gasteiger charge is -2.23. The Bertz CT molecular complexity index is 698. The van der Waals surface area contributed by atoms with Crippen molar-refractivity contribution in [3.05, 3.63) is 47.5 Å². The van der Waals surface area contributed by atoms with Crippen molar-refractivity contribution >= 4 is 24.2 Å². The second-order valence-corrected chi connectivity index (χ2v) is 7.47. The van der Waals surface area contributed by atoms with E-state index in [4.69, 9.17) is 5.73 Å². The van der Waals surface area contributed by atoms with Crippen molar-refractivity contribution in [3.63, 3.8) is 0 Å². The van der Waals surface area contributed by atoms with Crippen LogP contribution in [-0.2, 0) is 11.3 Å². The van der Waals surface area contributed by atoms with Gasteiger partial charge in [-0.05, 0) is 48.8 Å². The molecule has 5 nitrogen and oxygen atoms in total. The van der Waals surface area contributed by atoms with Crippen LogP contribution in [0, 0.1) is 17.8 Å². The maximum atomic E-state index is 12.5. The van der Waals surface area contributed by atoms with Crippen LogP contribution in [0.15, 0.2) is 36.4 Å². The lowest BCUT2D eigenvalue weighted by molar-refractivity contribution is -0.126. The summed E-state index contributed by atoms with van der Waals surface area (Å²) in [6.45, 7) is 2.19. The molecule has 140 valence electrons. The van der Waals surface area contributed by atoms with Gasteiger partial charge in [-0.2, -0.15) is 0 Å². The fourth-order valence-electron chi connectivity index (χ4n) is 4.40. The maximum absolute atomic E-state index is 12.5. The number of hydrogen-bond donors (Lipinski definition) is 2. The Morgan fingerprint density at radius 2 is 1.73 bits per heavy atom. The molecule has 2 bridgehead atoms. The number of amides is 2. The first-order valence-electron chi connectivity index (χ1n) is 9.23. The predicted octanol–water partition coefficient (Wildman–Crippen LogP) is 2.11. The summed E-state index contributed by atoms with van der Waals surface area (Å²) in [7, 11) is 0. The molecule has 0 unspecified atom stereocenters. The molecule has 1 aromatic carbocycles. The molecule has 0 spiro atoms. The first-order valence-corrected chi connectivity index (χ1v) is 9.23. The summed E-state index contributed by atoms with van der Waals surface area (Å²) in [4.78, 5) is 26.7. The summed E-state index contributed by atoms with van der Waals surface area (Å²) in [6.07, 6.45) is 7.48. The highest BCUT2D eigenvalue weighted by Crippen LogP contribution is 2.42. The zero-order chi connectivity index (χ0) is 17.4. The van der Waals surface area contributed by atoms with Crippen LogP contribution >= 0.6 is 12.4 Å². The van der Waals surface area contributed by atoms with E-state index >= 15 is 0 Å². The van der Waals surface area contributed by atoms with Gasteiger partial charge in [-0.25, -0.2) is 0 Å². The summed E-state index contributed by atoms with van der Waals surface area (Å²) in [5.74, 6) is 0.692. The second-order valence-electron chi connectivity index (χ2n) is 7.47. The van der Waals surface area contributed by atoms with Gasteiger partial charge in [0, 0.05) is 31.2 Å². The minimum Gasteiger partial charge on any atom is -0.352 e. The standard InChI is InChI=1S/C20H25N3O2.ClH/c21-18-16-8-7-15(11-16)17(18)19(24)22-12-13-3-5-14(6-4-13)20(25)23-9-1-2-10-23;/h3-8,15-18H,1-2,9-12,21H2,(H,22,24);1H/t15-,16+,17-,18+;/m1./s1. The van der Waals surface area contributed by atoms with Gasteiger partial charge in [0.2, 0.25) is 5.91 Å². The lowest BCUT2D eigenvalue weighted by atomic mass is 9.88. The highest BCUT2D eigenvalue weighted by atomic mass is 35.5. The molecule has 4 atom stereocenters. The number of nitrogens with zero attached hydrogens (tertiary/aromatic N) is 1. The number of carbonyl (C=O) groups excluding carboxylic acids is 2. The number of allylic oxidation sites excluding steroid dienone is 1. The van der Waals surface area contributed by atoms with Gasteiger partial charge in [0.1, 0.15) is 0 Å². The van der Waals surface area contributed by atoms with E-state index in [-0.39, 0.29) is 36.2 Å². The topological polar surface area (TPSA) is 75.4 Å². The molecule has 26 heavy (non-hydrogen) atoms. The minimum atomic E-state index is -0.106. The molecule has 2 amide bonds. The van der Waals surface area contributed by atoms with E-state index in [2.05, 4.69) is 17.5 Å².